The molecule has 2 atom stereocenters. The van der Waals surface area contributed by atoms with E-state index in [1.54, 1.807) is 0 Å². The molecule has 1 aliphatic heterocycles. The molecule has 0 aliphatic carbocycles. The number of likely N-dealkylation sites (tertiary alicyclic amines) is 1. The monoisotopic (exact) mass is 185 g/mol. The normalized spacial score (nSPS) is 36.9. The Hall–Kier alpha value is -0.0800. The van der Waals surface area contributed by atoms with Crippen LogP contribution in [0.4, 0.5) is 0 Å². The highest BCUT2D eigenvalue weighted by molar-refractivity contribution is 4.98. The summed E-state index contributed by atoms with van der Waals surface area (Å²) in [5, 5.41) is 10.2. The molecule has 0 aromatic rings. The van der Waals surface area contributed by atoms with Crippen LogP contribution in [0.5, 0.6) is 0 Å². The van der Waals surface area contributed by atoms with Crippen molar-refractivity contribution in [3.63, 3.8) is 0 Å². The highest BCUT2D eigenvalue weighted by atomic mass is 16.3. The van der Waals surface area contributed by atoms with Crippen LogP contribution in [-0.2, 0) is 0 Å². The van der Waals surface area contributed by atoms with E-state index in [1.807, 2.05) is 0 Å². The number of nitrogens with zero attached hydrogens (tertiary/aromatic N) is 1. The van der Waals surface area contributed by atoms with Crippen molar-refractivity contribution in [3.05, 3.63) is 0 Å². The third-order valence-corrected chi connectivity index (χ3v) is 3.19. The van der Waals surface area contributed by atoms with Gasteiger partial charge in [0.25, 0.3) is 0 Å². The van der Waals surface area contributed by atoms with Gasteiger partial charge in [0, 0.05) is 18.1 Å². The van der Waals surface area contributed by atoms with Gasteiger partial charge >= 0.3 is 0 Å². The van der Waals surface area contributed by atoms with E-state index in [0.29, 0.717) is 6.04 Å². The van der Waals surface area contributed by atoms with Gasteiger partial charge in [-0.1, -0.05) is 6.92 Å². The first-order valence-corrected chi connectivity index (χ1v) is 5.28. The van der Waals surface area contributed by atoms with Gasteiger partial charge in [-0.3, -0.25) is 4.90 Å². The molecular formula is C11H23NO. The minimum Gasteiger partial charge on any atom is -0.389 e. The Morgan fingerprint density at radius 2 is 2.00 bits per heavy atom. The largest absolute Gasteiger partial charge is 0.389 e. The average Bonchev–Trinajstić information content (AvgIpc) is 2.27. The van der Waals surface area contributed by atoms with Crippen molar-refractivity contribution in [2.45, 2.75) is 64.6 Å². The zero-order chi connectivity index (χ0) is 10.3. The molecule has 2 nitrogen and oxygen atoms in total. The summed E-state index contributed by atoms with van der Waals surface area (Å²) in [7, 11) is 0. The number of rotatable bonds is 1. The Morgan fingerprint density at radius 3 is 2.23 bits per heavy atom. The lowest BCUT2D eigenvalue weighted by Gasteiger charge is -2.35. The zero-order valence-corrected chi connectivity index (χ0v) is 9.59. The molecule has 1 heterocycles. The lowest BCUT2D eigenvalue weighted by atomic mass is 9.98. The Kier molecular flexibility index (Phi) is 2.75. The summed E-state index contributed by atoms with van der Waals surface area (Å²) in [6.07, 6.45) is 1.78. The second-order valence-corrected chi connectivity index (χ2v) is 5.43. The molecule has 0 aromatic carbocycles. The molecule has 1 aliphatic rings. The lowest BCUT2D eigenvalue weighted by Crippen LogP contribution is -2.45. The third kappa shape index (κ3) is 2.23. The molecule has 1 fully saturated rings. The maximum Gasteiger partial charge on any atom is 0.0786 e. The van der Waals surface area contributed by atoms with Crippen molar-refractivity contribution in [2.24, 2.45) is 0 Å². The van der Waals surface area contributed by atoms with E-state index in [9.17, 15) is 5.11 Å². The van der Waals surface area contributed by atoms with Gasteiger partial charge in [-0.15, -0.1) is 0 Å². The van der Waals surface area contributed by atoms with Crippen LogP contribution in [0.15, 0.2) is 0 Å². The molecular weight excluding hydrogens is 162 g/mol. The summed E-state index contributed by atoms with van der Waals surface area (Å²) in [5.74, 6) is 0. The number of β-amino-alcohol motifs (C(OH)–C–C–N with tert-alkyl or cyclic N) is 1. The molecule has 1 rings (SSSR count). The van der Waals surface area contributed by atoms with Crippen LogP contribution >= 0.6 is 0 Å². The van der Waals surface area contributed by atoms with Crippen LogP contribution in [-0.4, -0.2) is 33.7 Å². The number of aliphatic hydroxyl groups is 1. The van der Waals surface area contributed by atoms with Crippen molar-refractivity contribution in [2.75, 3.05) is 6.54 Å². The maximum atomic E-state index is 10.2. The van der Waals surface area contributed by atoms with Gasteiger partial charge in [0.1, 0.15) is 0 Å². The smallest absolute Gasteiger partial charge is 0.0786 e. The molecule has 0 aromatic heterocycles. The quantitative estimate of drug-likeness (QED) is 0.675. The molecule has 0 spiro atoms. The molecule has 0 radical (unpaired) electrons. The van der Waals surface area contributed by atoms with Crippen LogP contribution in [0, 0.1) is 0 Å². The van der Waals surface area contributed by atoms with Gasteiger partial charge in [0.05, 0.1) is 5.60 Å². The van der Waals surface area contributed by atoms with E-state index in [0.717, 1.165) is 19.4 Å². The van der Waals surface area contributed by atoms with Crippen molar-refractivity contribution in [1.29, 1.82) is 0 Å². The van der Waals surface area contributed by atoms with E-state index >= 15 is 0 Å². The maximum absolute atomic E-state index is 10.2. The van der Waals surface area contributed by atoms with Crippen molar-refractivity contribution in [3.8, 4) is 0 Å². The molecule has 0 amide bonds. The highest BCUT2D eigenvalue weighted by Crippen LogP contribution is 2.34. The summed E-state index contributed by atoms with van der Waals surface area (Å²) in [6, 6.07) is 0.505. The molecule has 2 heteroatoms. The van der Waals surface area contributed by atoms with E-state index in [4.69, 9.17) is 0 Å². The first-order chi connectivity index (χ1) is 5.78. The van der Waals surface area contributed by atoms with Crippen LogP contribution in [0.2, 0.25) is 0 Å². The van der Waals surface area contributed by atoms with Gasteiger partial charge < -0.3 is 5.11 Å². The fraction of sp³-hybridized carbons (Fsp3) is 1.00. The Labute approximate surface area is 81.9 Å². The predicted octanol–water partition coefficient (Wildman–Crippen LogP) is 2.02. The second kappa shape index (κ2) is 3.25. The molecule has 1 unspecified atom stereocenters. The van der Waals surface area contributed by atoms with Gasteiger partial charge in [-0.05, 0) is 40.5 Å². The lowest BCUT2D eigenvalue weighted by molar-refractivity contribution is 0.0315. The fourth-order valence-corrected chi connectivity index (χ4v) is 2.35. The fourth-order valence-electron chi connectivity index (χ4n) is 2.35. The summed E-state index contributed by atoms with van der Waals surface area (Å²) in [4.78, 5) is 2.40. The van der Waals surface area contributed by atoms with Crippen LogP contribution < -0.4 is 0 Å². The Bertz CT molecular complexity index is 185. The van der Waals surface area contributed by atoms with Crippen molar-refractivity contribution in [1.82, 2.24) is 4.90 Å². The summed E-state index contributed by atoms with van der Waals surface area (Å²) < 4.78 is 0. The van der Waals surface area contributed by atoms with Gasteiger partial charge in [0.2, 0.25) is 0 Å². The summed E-state index contributed by atoms with van der Waals surface area (Å²) >= 11 is 0. The molecule has 1 saturated heterocycles. The zero-order valence-electron chi connectivity index (χ0n) is 9.59. The number of hydrogen-bond donors (Lipinski definition) is 1. The minimum atomic E-state index is -0.438. The Morgan fingerprint density at radius 1 is 1.46 bits per heavy atom. The topological polar surface area (TPSA) is 23.5 Å². The first kappa shape index (κ1) is 11.0. The van der Waals surface area contributed by atoms with Crippen LogP contribution in [0.1, 0.15) is 47.5 Å². The van der Waals surface area contributed by atoms with Gasteiger partial charge in [-0.2, -0.15) is 0 Å². The second-order valence-electron chi connectivity index (χ2n) is 5.43. The standard InChI is InChI=1S/C11H23NO/c1-6-11(13)7-9(2)12(8-11)10(3,4)5/h9,13H,6-8H2,1-5H3/t9-,11?/m0/s1. The van der Waals surface area contributed by atoms with Gasteiger partial charge in [-0.25, -0.2) is 0 Å². The van der Waals surface area contributed by atoms with E-state index in [-0.39, 0.29) is 5.54 Å². The first-order valence-electron chi connectivity index (χ1n) is 5.28. The summed E-state index contributed by atoms with van der Waals surface area (Å²) in [5.41, 5.74) is -0.258. The van der Waals surface area contributed by atoms with E-state index < -0.39 is 5.60 Å². The van der Waals surface area contributed by atoms with Gasteiger partial charge in [0.15, 0.2) is 0 Å². The van der Waals surface area contributed by atoms with Crippen LogP contribution in [0.25, 0.3) is 0 Å². The number of hydrogen-bond acceptors (Lipinski definition) is 2. The van der Waals surface area contributed by atoms with E-state index in [2.05, 4.69) is 39.5 Å². The van der Waals surface area contributed by atoms with Crippen molar-refractivity contribution >= 4 is 0 Å². The van der Waals surface area contributed by atoms with Crippen molar-refractivity contribution < 1.29 is 5.11 Å². The molecule has 13 heavy (non-hydrogen) atoms. The Balaban J connectivity index is 2.72. The predicted molar refractivity (Wildman–Crippen MR) is 55.8 cm³/mol. The highest BCUT2D eigenvalue weighted by Gasteiger charge is 2.43. The molecule has 0 bridgehead atoms. The molecule has 78 valence electrons. The van der Waals surface area contributed by atoms with E-state index in [1.165, 1.54) is 0 Å². The third-order valence-electron chi connectivity index (χ3n) is 3.19. The SMILES string of the molecule is CCC1(O)C[C@H](C)N(C(C)(C)C)C1. The molecule has 0 saturated carbocycles. The average molecular weight is 185 g/mol. The molecule has 1 N–H and O–H groups in total. The minimum absolute atomic E-state index is 0.180. The summed E-state index contributed by atoms with van der Waals surface area (Å²) in [6.45, 7) is 11.7. The van der Waals surface area contributed by atoms with Crippen LogP contribution in [0.3, 0.4) is 0 Å².